The van der Waals surface area contributed by atoms with Gasteiger partial charge in [0, 0.05) is 30.5 Å². The van der Waals surface area contributed by atoms with E-state index in [2.05, 4.69) is 16.4 Å². The minimum Gasteiger partial charge on any atom is -0.310 e. The molecule has 2 aromatic rings. The van der Waals surface area contributed by atoms with Crippen LogP contribution in [0.5, 0.6) is 0 Å². The SMILES string of the molecule is N#CCCNCc1csc(-c2ccc(F)cc2)n1. The fraction of sp³-hybridized carbons (Fsp3) is 0.231. The highest BCUT2D eigenvalue weighted by molar-refractivity contribution is 7.13. The highest BCUT2D eigenvalue weighted by atomic mass is 32.1. The third kappa shape index (κ3) is 3.36. The largest absolute Gasteiger partial charge is 0.310 e. The van der Waals surface area contributed by atoms with Crippen LogP contribution >= 0.6 is 11.3 Å². The summed E-state index contributed by atoms with van der Waals surface area (Å²) in [6, 6.07) is 8.39. The molecule has 2 rings (SSSR count). The lowest BCUT2D eigenvalue weighted by Gasteiger charge is -1.98. The van der Waals surface area contributed by atoms with Crippen LogP contribution in [0.3, 0.4) is 0 Å². The van der Waals surface area contributed by atoms with E-state index in [9.17, 15) is 4.39 Å². The van der Waals surface area contributed by atoms with Crippen molar-refractivity contribution in [1.82, 2.24) is 10.3 Å². The zero-order valence-corrected chi connectivity index (χ0v) is 10.5. The second kappa shape index (κ2) is 6.24. The maximum absolute atomic E-state index is 12.8. The van der Waals surface area contributed by atoms with Crippen molar-refractivity contribution in [2.75, 3.05) is 6.54 Å². The Morgan fingerprint density at radius 1 is 1.33 bits per heavy atom. The molecule has 0 bridgehead atoms. The summed E-state index contributed by atoms with van der Waals surface area (Å²) in [5, 5.41) is 14.4. The van der Waals surface area contributed by atoms with Crippen molar-refractivity contribution in [1.29, 1.82) is 5.26 Å². The molecule has 0 fully saturated rings. The van der Waals surface area contributed by atoms with E-state index in [1.54, 1.807) is 12.1 Å². The fourth-order valence-corrected chi connectivity index (χ4v) is 2.30. The molecule has 0 saturated carbocycles. The normalized spacial score (nSPS) is 10.2. The van der Waals surface area contributed by atoms with Crippen LogP contribution in [-0.4, -0.2) is 11.5 Å². The van der Waals surface area contributed by atoms with E-state index in [0.29, 0.717) is 19.5 Å². The molecule has 0 atom stereocenters. The molecule has 0 aliphatic heterocycles. The Morgan fingerprint density at radius 2 is 2.11 bits per heavy atom. The van der Waals surface area contributed by atoms with Crippen LogP contribution in [0.15, 0.2) is 29.6 Å². The Kier molecular flexibility index (Phi) is 4.40. The Hall–Kier alpha value is -1.77. The summed E-state index contributed by atoms with van der Waals surface area (Å²) in [4.78, 5) is 4.46. The lowest BCUT2D eigenvalue weighted by Crippen LogP contribution is -2.14. The Morgan fingerprint density at radius 3 is 2.83 bits per heavy atom. The lowest BCUT2D eigenvalue weighted by atomic mass is 10.2. The van der Waals surface area contributed by atoms with Crippen LogP contribution in [0, 0.1) is 17.1 Å². The third-order valence-corrected chi connectivity index (χ3v) is 3.30. The van der Waals surface area contributed by atoms with Crippen LogP contribution in [-0.2, 0) is 6.54 Å². The third-order valence-electron chi connectivity index (χ3n) is 2.36. The summed E-state index contributed by atoms with van der Waals surface area (Å²) >= 11 is 1.53. The van der Waals surface area contributed by atoms with Crippen molar-refractivity contribution in [2.24, 2.45) is 0 Å². The molecule has 0 spiro atoms. The maximum atomic E-state index is 12.8. The predicted molar refractivity (Wildman–Crippen MR) is 69.4 cm³/mol. The van der Waals surface area contributed by atoms with Gasteiger partial charge in [-0.25, -0.2) is 9.37 Å². The summed E-state index contributed by atoms with van der Waals surface area (Å²) < 4.78 is 12.8. The number of benzene rings is 1. The molecule has 0 aliphatic rings. The first-order valence-electron chi connectivity index (χ1n) is 5.57. The van der Waals surface area contributed by atoms with E-state index in [1.165, 1.54) is 23.5 Å². The van der Waals surface area contributed by atoms with Crippen molar-refractivity contribution in [2.45, 2.75) is 13.0 Å². The average molecular weight is 261 g/mol. The van der Waals surface area contributed by atoms with Crippen LogP contribution < -0.4 is 5.32 Å². The first-order chi connectivity index (χ1) is 8.79. The molecule has 0 unspecified atom stereocenters. The topological polar surface area (TPSA) is 48.7 Å². The molecule has 0 saturated heterocycles. The van der Waals surface area contributed by atoms with Gasteiger partial charge in [0.1, 0.15) is 10.8 Å². The molecular formula is C13H12FN3S. The van der Waals surface area contributed by atoms with E-state index in [-0.39, 0.29) is 5.82 Å². The van der Waals surface area contributed by atoms with Gasteiger partial charge in [-0.05, 0) is 24.3 Å². The zero-order valence-electron chi connectivity index (χ0n) is 9.69. The first-order valence-corrected chi connectivity index (χ1v) is 6.45. The van der Waals surface area contributed by atoms with Crippen molar-refractivity contribution < 1.29 is 4.39 Å². The molecule has 1 heterocycles. The molecule has 0 amide bonds. The number of hydrogen-bond acceptors (Lipinski definition) is 4. The summed E-state index contributed by atoms with van der Waals surface area (Å²) in [5.74, 6) is -0.242. The van der Waals surface area contributed by atoms with Gasteiger partial charge in [-0.1, -0.05) is 0 Å². The quantitative estimate of drug-likeness (QED) is 0.842. The molecule has 0 aliphatic carbocycles. The number of hydrogen-bond donors (Lipinski definition) is 1. The van der Waals surface area contributed by atoms with Gasteiger partial charge < -0.3 is 5.32 Å². The van der Waals surface area contributed by atoms with Gasteiger partial charge in [0.15, 0.2) is 0 Å². The van der Waals surface area contributed by atoms with E-state index >= 15 is 0 Å². The molecule has 92 valence electrons. The first kappa shape index (κ1) is 12.7. The summed E-state index contributed by atoms with van der Waals surface area (Å²) in [6.45, 7) is 1.32. The summed E-state index contributed by atoms with van der Waals surface area (Å²) in [6.07, 6.45) is 0.495. The van der Waals surface area contributed by atoms with E-state index in [0.717, 1.165) is 16.3 Å². The number of nitriles is 1. The van der Waals surface area contributed by atoms with Gasteiger partial charge in [-0.3, -0.25) is 0 Å². The minimum absolute atomic E-state index is 0.242. The molecule has 1 aromatic carbocycles. The zero-order chi connectivity index (χ0) is 12.8. The van der Waals surface area contributed by atoms with Crippen LogP contribution in [0.1, 0.15) is 12.1 Å². The molecule has 1 N–H and O–H groups in total. The molecule has 0 radical (unpaired) electrons. The second-order valence-corrected chi connectivity index (χ2v) is 4.59. The number of halogens is 1. The molecule has 1 aromatic heterocycles. The highest BCUT2D eigenvalue weighted by Crippen LogP contribution is 2.23. The van der Waals surface area contributed by atoms with Gasteiger partial charge in [-0.2, -0.15) is 5.26 Å². The van der Waals surface area contributed by atoms with Crippen LogP contribution in [0.25, 0.3) is 10.6 Å². The van der Waals surface area contributed by atoms with E-state index in [1.807, 2.05) is 5.38 Å². The van der Waals surface area contributed by atoms with Crippen molar-refractivity contribution in [3.05, 3.63) is 41.2 Å². The van der Waals surface area contributed by atoms with Crippen molar-refractivity contribution in [3.63, 3.8) is 0 Å². The van der Waals surface area contributed by atoms with Crippen LogP contribution in [0.4, 0.5) is 4.39 Å². The number of rotatable bonds is 5. The van der Waals surface area contributed by atoms with Gasteiger partial charge in [0.2, 0.25) is 0 Å². The Labute approximate surface area is 109 Å². The number of nitrogens with one attached hydrogen (secondary N) is 1. The predicted octanol–water partition coefficient (Wildman–Crippen LogP) is 2.95. The molecular weight excluding hydrogens is 249 g/mol. The van der Waals surface area contributed by atoms with Gasteiger partial charge in [0.25, 0.3) is 0 Å². The average Bonchev–Trinajstić information content (AvgIpc) is 2.84. The minimum atomic E-state index is -0.242. The van der Waals surface area contributed by atoms with Crippen molar-refractivity contribution in [3.8, 4) is 16.6 Å². The lowest BCUT2D eigenvalue weighted by molar-refractivity contribution is 0.628. The maximum Gasteiger partial charge on any atom is 0.123 e. The van der Waals surface area contributed by atoms with Gasteiger partial charge in [-0.15, -0.1) is 11.3 Å². The molecule has 5 heteroatoms. The van der Waals surface area contributed by atoms with Crippen LogP contribution in [0.2, 0.25) is 0 Å². The van der Waals surface area contributed by atoms with Gasteiger partial charge in [0.05, 0.1) is 11.8 Å². The number of thiazole rings is 1. The molecule has 3 nitrogen and oxygen atoms in total. The smallest absolute Gasteiger partial charge is 0.123 e. The number of aromatic nitrogens is 1. The Bertz CT molecular complexity index is 542. The summed E-state index contributed by atoms with van der Waals surface area (Å²) in [5.41, 5.74) is 1.86. The monoisotopic (exact) mass is 261 g/mol. The Balaban J connectivity index is 1.97. The van der Waals surface area contributed by atoms with Crippen molar-refractivity contribution >= 4 is 11.3 Å². The second-order valence-electron chi connectivity index (χ2n) is 3.74. The van der Waals surface area contributed by atoms with Gasteiger partial charge >= 0.3 is 0 Å². The fourth-order valence-electron chi connectivity index (χ4n) is 1.47. The number of nitrogens with zero attached hydrogens (tertiary/aromatic N) is 2. The molecule has 18 heavy (non-hydrogen) atoms. The van der Waals surface area contributed by atoms with E-state index < -0.39 is 0 Å². The highest BCUT2D eigenvalue weighted by Gasteiger charge is 2.04. The van der Waals surface area contributed by atoms with E-state index in [4.69, 9.17) is 5.26 Å². The standard InChI is InChI=1S/C13H12FN3S/c14-11-4-2-10(3-5-11)13-17-12(9-18-13)8-16-7-1-6-15/h2-5,9,16H,1,7-8H2. The summed E-state index contributed by atoms with van der Waals surface area (Å²) in [7, 11) is 0.